The minimum absolute atomic E-state index is 0.160. The fourth-order valence-corrected chi connectivity index (χ4v) is 1.52. The second-order valence-corrected chi connectivity index (χ2v) is 4.37. The van der Waals surface area contributed by atoms with E-state index in [4.69, 9.17) is 9.26 Å². The predicted molar refractivity (Wildman–Crippen MR) is 71.1 cm³/mol. The first kappa shape index (κ1) is 14.7. The highest BCUT2D eigenvalue weighted by atomic mass is 19.1. The summed E-state index contributed by atoms with van der Waals surface area (Å²) in [6.45, 7) is 3.10. The van der Waals surface area contributed by atoms with Crippen molar-refractivity contribution in [1.29, 1.82) is 0 Å². The van der Waals surface area contributed by atoms with Gasteiger partial charge in [0.25, 0.3) is 5.91 Å². The van der Waals surface area contributed by atoms with Crippen molar-refractivity contribution in [2.75, 3.05) is 5.32 Å². The van der Waals surface area contributed by atoms with Crippen LogP contribution in [0.5, 0.6) is 0 Å². The zero-order valence-corrected chi connectivity index (χ0v) is 11.4. The maximum absolute atomic E-state index is 12.8. The summed E-state index contributed by atoms with van der Waals surface area (Å²) in [5.74, 6) is -0.935. The molecule has 110 valence electrons. The maximum Gasteiger partial charge on any atom is 0.338 e. The van der Waals surface area contributed by atoms with Gasteiger partial charge in [-0.2, -0.15) is 0 Å². The number of nitrogens with zero attached hydrogens (tertiary/aromatic N) is 1. The van der Waals surface area contributed by atoms with Gasteiger partial charge >= 0.3 is 5.97 Å². The number of benzene rings is 1. The third-order valence-electron chi connectivity index (χ3n) is 2.61. The summed E-state index contributed by atoms with van der Waals surface area (Å²) in [5, 5.41) is 6.04. The van der Waals surface area contributed by atoms with Gasteiger partial charge in [-0.3, -0.25) is 4.79 Å². The number of nitrogens with one attached hydrogen (secondary N) is 1. The standard InChI is InChI=1S/C14H13FN2O4/c1-8-7-12(17-21-8)16-13(18)9(2)20-14(19)10-3-5-11(15)6-4-10/h3-7,9H,1-2H3,(H,16,17,18). The molecule has 1 amide bonds. The van der Waals surface area contributed by atoms with Crippen LogP contribution < -0.4 is 5.32 Å². The molecule has 2 aromatic rings. The van der Waals surface area contributed by atoms with Crippen molar-refractivity contribution < 1.29 is 23.2 Å². The van der Waals surface area contributed by atoms with Crippen molar-refractivity contribution in [2.45, 2.75) is 20.0 Å². The molecule has 1 N–H and O–H groups in total. The SMILES string of the molecule is Cc1cc(NC(=O)C(C)OC(=O)c2ccc(F)cc2)no1. The van der Waals surface area contributed by atoms with Crippen molar-refractivity contribution >= 4 is 17.7 Å². The van der Waals surface area contributed by atoms with Gasteiger partial charge in [0, 0.05) is 6.07 Å². The van der Waals surface area contributed by atoms with Crippen LogP contribution in [0.15, 0.2) is 34.9 Å². The summed E-state index contributed by atoms with van der Waals surface area (Å²) in [5.41, 5.74) is 0.160. The number of anilines is 1. The summed E-state index contributed by atoms with van der Waals surface area (Å²) < 4.78 is 22.5. The largest absolute Gasteiger partial charge is 0.449 e. The normalized spacial score (nSPS) is 11.8. The van der Waals surface area contributed by atoms with Crippen molar-refractivity contribution in [1.82, 2.24) is 5.16 Å². The van der Waals surface area contributed by atoms with Crippen LogP contribution in [0.3, 0.4) is 0 Å². The molecule has 1 unspecified atom stereocenters. The van der Waals surface area contributed by atoms with Crippen molar-refractivity contribution in [3.8, 4) is 0 Å². The summed E-state index contributed by atoms with van der Waals surface area (Å²) in [7, 11) is 0. The lowest BCUT2D eigenvalue weighted by molar-refractivity contribution is -0.123. The van der Waals surface area contributed by atoms with Gasteiger partial charge in [0.05, 0.1) is 5.56 Å². The van der Waals surface area contributed by atoms with Crippen LogP contribution in [0.25, 0.3) is 0 Å². The highest BCUT2D eigenvalue weighted by Crippen LogP contribution is 2.10. The molecular formula is C14H13FN2O4. The van der Waals surface area contributed by atoms with Crippen LogP contribution in [0.2, 0.25) is 0 Å². The van der Waals surface area contributed by atoms with Crippen LogP contribution in [0.4, 0.5) is 10.2 Å². The Morgan fingerprint density at radius 1 is 1.33 bits per heavy atom. The summed E-state index contributed by atoms with van der Waals surface area (Å²) in [6, 6.07) is 6.37. The number of hydrogen-bond acceptors (Lipinski definition) is 5. The van der Waals surface area contributed by atoms with Gasteiger partial charge in [0.15, 0.2) is 11.9 Å². The Morgan fingerprint density at radius 2 is 2.00 bits per heavy atom. The minimum atomic E-state index is -1.03. The van der Waals surface area contributed by atoms with E-state index < -0.39 is 23.8 Å². The highest BCUT2D eigenvalue weighted by Gasteiger charge is 2.20. The van der Waals surface area contributed by atoms with E-state index in [1.54, 1.807) is 6.92 Å². The zero-order valence-electron chi connectivity index (χ0n) is 11.4. The van der Waals surface area contributed by atoms with Gasteiger partial charge in [-0.05, 0) is 38.1 Å². The molecule has 21 heavy (non-hydrogen) atoms. The number of amides is 1. The third kappa shape index (κ3) is 3.88. The minimum Gasteiger partial charge on any atom is -0.449 e. The van der Waals surface area contributed by atoms with Gasteiger partial charge in [-0.25, -0.2) is 9.18 Å². The second kappa shape index (κ2) is 6.17. The van der Waals surface area contributed by atoms with Crippen molar-refractivity contribution in [3.05, 3.63) is 47.5 Å². The number of aromatic nitrogens is 1. The number of hydrogen-bond donors (Lipinski definition) is 1. The average Bonchev–Trinajstić information content (AvgIpc) is 2.84. The Balaban J connectivity index is 1.93. The molecule has 1 atom stereocenters. The molecule has 1 aromatic heterocycles. The molecule has 0 saturated carbocycles. The maximum atomic E-state index is 12.8. The van der Waals surface area contributed by atoms with E-state index in [-0.39, 0.29) is 11.4 Å². The number of esters is 1. The number of rotatable bonds is 4. The van der Waals surface area contributed by atoms with Gasteiger partial charge in [0.1, 0.15) is 11.6 Å². The van der Waals surface area contributed by atoms with Gasteiger partial charge < -0.3 is 14.6 Å². The van der Waals surface area contributed by atoms with E-state index >= 15 is 0 Å². The lowest BCUT2D eigenvalue weighted by Gasteiger charge is -2.12. The van der Waals surface area contributed by atoms with E-state index in [2.05, 4.69) is 10.5 Å². The molecule has 0 saturated heterocycles. The molecule has 0 radical (unpaired) electrons. The van der Waals surface area contributed by atoms with Gasteiger partial charge in [-0.15, -0.1) is 0 Å². The number of aryl methyl sites for hydroxylation is 1. The predicted octanol–water partition coefficient (Wildman–Crippen LogP) is 2.31. The molecule has 0 aliphatic carbocycles. The first-order chi connectivity index (χ1) is 9.95. The lowest BCUT2D eigenvalue weighted by atomic mass is 10.2. The Labute approximate surface area is 119 Å². The van der Waals surface area contributed by atoms with Crippen LogP contribution in [-0.2, 0) is 9.53 Å². The Hall–Kier alpha value is -2.70. The molecule has 7 heteroatoms. The average molecular weight is 292 g/mol. The third-order valence-corrected chi connectivity index (χ3v) is 2.61. The van der Waals surface area contributed by atoms with E-state index in [1.807, 2.05) is 0 Å². The van der Waals surface area contributed by atoms with E-state index in [1.165, 1.54) is 25.1 Å². The number of carbonyl (C=O) groups is 2. The van der Waals surface area contributed by atoms with Crippen molar-refractivity contribution in [3.63, 3.8) is 0 Å². The molecule has 0 aliphatic rings. The molecule has 2 rings (SSSR count). The van der Waals surface area contributed by atoms with Gasteiger partial charge in [0.2, 0.25) is 0 Å². The van der Waals surface area contributed by atoms with E-state index in [9.17, 15) is 14.0 Å². The fraction of sp³-hybridized carbons (Fsp3) is 0.214. The summed E-state index contributed by atoms with van der Waals surface area (Å²) in [4.78, 5) is 23.6. The zero-order chi connectivity index (χ0) is 15.4. The Morgan fingerprint density at radius 3 is 2.57 bits per heavy atom. The summed E-state index contributed by atoms with van der Waals surface area (Å²) in [6.07, 6.45) is -1.03. The second-order valence-electron chi connectivity index (χ2n) is 4.37. The number of halogens is 1. The molecular weight excluding hydrogens is 279 g/mol. The molecule has 1 heterocycles. The monoisotopic (exact) mass is 292 g/mol. The van der Waals surface area contributed by atoms with Crippen LogP contribution in [-0.4, -0.2) is 23.1 Å². The molecule has 0 aliphatic heterocycles. The smallest absolute Gasteiger partial charge is 0.338 e. The van der Waals surface area contributed by atoms with E-state index in [0.29, 0.717) is 5.76 Å². The van der Waals surface area contributed by atoms with Crippen LogP contribution in [0.1, 0.15) is 23.0 Å². The first-order valence-corrected chi connectivity index (χ1v) is 6.16. The topological polar surface area (TPSA) is 81.4 Å². The van der Waals surface area contributed by atoms with E-state index in [0.717, 1.165) is 12.1 Å². The Bertz CT molecular complexity index is 651. The summed E-state index contributed by atoms with van der Waals surface area (Å²) >= 11 is 0. The van der Waals surface area contributed by atoms with Crippen molar-refractivity contribution in [2.24, 2.45) is 0 Å². The fourth-order valence-electron chi connectivity index (χ4n) is 1.52. The van der Waals surface area contributed by atoms with Crippen LogP contribution >= 0.6 is 0 Å². The molecule has 6 nitrogen and oxygen atoms in total. The van der Waals surface area contributed by atoms with Gasteiger partial charge in [-0.1, -0.05) is 5.16 Å². The molecule has 0 bridgehead atoms. The lowest BCUT2D eigenvalue weighted by Crippen LogP contribution is -2.30. The Kier molecular flexibility index (Phi) is 4.32. The first-order valence-electron chi connectivity index (χ1n) is 6.16. The quantitative estimate of drug-likeness (QED) is 0.874. The molecule has 0 spiro atoms. The molecule has 0 fully saturated rings. The number of ether oxygens (including phenoxy) is 1. The molecule has 1 aromatic carbocycles. The number of carbonyl (C=O) groups excluding carboxylic acids is 2. The van der Waals surface area contributed by atoms with Crippen LogP contribution in [0, 0.1) is 12.7 Å². The highest BCUT2D eigenvalue weighted by molar-refractivity contribution is 5.96.